The van der Waals surface area contributed by atoms with Crippen molar-refractivity contribution in [2.24, 2.45) is 0 Å². The van der Waals surface area contributed by atoms with Gasteiger partial charge < -0.3 is 24.8 Å². The number of aromatic nitrogens is 2. The average molecular weight is 523 g/mol. The van der Waals surface area contributed by atoms with Gasteiger partial charge in [0.2, 0.25) is 0 Å². The topological polar surface area (TPSA) is 96.8 Å². The number of hydrogen-bond acceptors (Lipinski definition) is 6. The van der Waals surface area contributed by atoms with Crippen molar-refractivity contribution in [3.8, 4) is 11.5 Å². The Labute approximate surface area is 217 Å². The molecule has 2 N–H and O–H groups in total. The first kappa shape index (κ1) is 24.6. The predicted molar refractivity (Wildman–Crippen MR) is 138 cm³/mol. The Hall–Kier alpha value is -4.11. The minimum atomic E-state index is -0.963. The van der Waals surface area contributed by atoms with E-state index in [1.54, 1.807) is 18.2 Å². The number of nitrogens with one attached hydrogen (secondary N) is 1. The van der Waals surface area contributed by atoms with Crippen LogP contribution in [0.3, 0.4) is 0 Å². The second-order valence-electron chi connectivity index (χ2n) is 8.65. The normalized spacial score (nSPS) is 15.1. The molecule has 0 unspecified atom stereocenters. The number of benzene rings is 3. The van der Waals surface area contributed by atoms with Crippen molar-refractivity contribution < 1.29 is 23.8 Å². The van der Waals surface area contributed by atoms with Gasteiger partial charge in [0.1, 0.15) is 42.7 Å². The molecule has 0 bridgehead atoms. The lowest BCUT2D eigenvalue weighted by atomic mass is 10.1. The Morgan fingerprint density at radius 1 is 1.14 bits per heavy atom. The van der Waals surface area contributed by atoms with Crippen LogP contribution in [-0.2, 0) is 6.61 Å². The number of nitrogens with zero attached hydrogens (tertiary/aromatic N) is 3. The minimum Gasteiger partial charge on any atom is -0.490 e. The number of ether oxygens (including phenoxy) is 2. The summed E-state index contributed by atoms with van der Waals surface area (Å²) in [5.41, 5.74) is 2.11. The molecule has 1 aromatic heterocycles. The monoisotopic (exact) mass is 522 g/mol. The van der Waals surface area contributed by atoms with E-state index >= 15 is 0 Å². The van der Waals surface area contributed by atoms with Crippen LogP contribution in [0.2, 0.25) is 5.02 Å². The third-order valence-electron chi connectivity index (χ3n) is 6.16. The number of carbonyl (C=O) groups is 1. The first-order chi connectivity index (χ1) is 18.0. The molecule has 1 amide bonds. The van der Waals surface area contributed by atoms with Gasteiger partial charge in [0, 0.05) is 24.4 Å². The van der Waals surface area contributed by atoms with Crippen LogP contribution in [0, 0.1) is 5.82 Å². The molecule has 5 rings (SSSR count). The molecular weight excluding hydrogens is 499 g/mol. The molecule has 1 atom stereocenters. The molecule has 1 aliphatic heterocycles. The quantitative estimate of drug-likeness (QED) is 0.281. The summed E-state index contributed by atoms with van der Waals surface area (Å²) in [5.74, 6) is 0.888. The van der Waals surface area contributed by atoms with Gasteiger partial charge in [-0.1, -0.05) is 41.9 Å². The number of anilines is 2. The minimum absolute atomic E-state index is 0.0218. The van der Waals surface area contributed by atoms with Gasteiger partial charge in [-0.25, -0.2) is 19.2 Å². The molecule has 3 aromatic carbocycles. The van der Waals surface area contributed by atoms with E-state index in [1.807, 2.05) is 30.3 Å². The maximum atomic E-state index is 13.7. The number of amides is 1. The highest BCUT2D eigenvalue weighted by Gasteiger charge is 2.29. The highest BCUT2D eigenvalue weighted by Crippen LogP contribution is 2.36. The molecular formula is C27H24ClFN4O4. The first-order valence-electron chi connectivity index (χ1n) is 11.8. The third kappa shape index (κ3) is 5.67. The zero-order valence-corrected chi connectivity index (χ0v) is 20.5. The van der Waals surface area contributed by atoms with Crippen LogP contribution in [0.15, 0.2) is 67.0 Å². The SMILES string of the molecule is O=C(O)N1CCC[C@@H]1COc1cc(OCc2ccccc2)cc2ncnc(Nc3ccc(F)c(Cl)c3)c12. The molecule has 0 radical (unpaired) electrons. The number of halogens is 2. The lowest BCUT2D eigenvalue weighted by Crippen LogP contribution is -2.38. The number of rotatable bonds is 8. The van der Waals surface area contributed by atoms with E-state index in [0.717, 1.165) is 12.0 Å². The number of hydrogen-bond donors (Lipinski definition) is 2. The van der Waals surface area contributed by atoms with E-state index in [9.17, 15) is 14.3 Å². The second-order valence-corrected chi connectivity index (χ2v) is 9.06. The van der Waals surface area contributed by atoms with Gasteiger partial charge in [-0.2, -0.15) is 0 Å². The summed E-state index contributed by atoms with van der Waals surface area (Å²) in [4.78, 5) is 21.8. The van der Waals surface area contributed by atoms with Gasteiger partial charge in [0.05, 0.1) is 22.0 Å². The lowest BCUT2D eigenvalue weighted by molar-refractivity contribution is 0.123. The maximum absolute atomic E-state index is 13.7. The Morgan fingerprint density at radius 2 is 1.97 bits per heavy atom. The van der Waals surface area contributed by atoms with Gasteiger partial charge in [-0.05, 0) is 36.6 Å². The van der Waals surface area contributed by atoms with Crippen LogP contribution in [0.5, 0.6) is 11.5 Å². The molecule has 1 aliphatic rings. The summed E-state index contributed by atoms with van der Waals surface area (Å²) >= 11 is 5.96. The van der Waals surface area contributed by atoms with E-state index in [-0.39, 0.29) is 17.7 Å². The summed E-state index contributed by atoms with van der Waals surface area (Å²) < 4.78 is 25.9. The molecule has 1 fully saturated rings. The number of likely N-dealkylation sites (tertiary alicyclic amines) is 1. The first-order valence-corrected chi connectivity index (χ1v) is 12.2. The molecule has 2 heterocycles. The Balaban J connectivity index is 1.48. The molecule has 0 spiro atoms. The van der Waals surface area contributed by atoms with E-state index in [1.165, 1.54) is 23.4 Å². The smallest absolute Gasteiger partial charge is 0.407 e. The fraction of sp³-hybridized carbons (Fsp3) is 0.222. The van der Waals surface area contributed by atoms with Gasteiger partial charge in [0.15, 0.2) is 0 Å². The van der Waals surface area contributed by atoms with Crippen molar-refractivity contribution in [3.63, 3.8) is 0 Å². The average Bonchev–Trinajstić information content (AvgIpc) is 3.38. The van der Waals surface area contributed by atoms with Crippen LogP contribution in [-0.4, -0.2) is 45.3 Å². The summed E-state index contributed by atoms with van der Waals surface area (Å²) in [7, 11) is 0. The van der Waals surface area contributed by atoms with Crippen LogP contribution in [0.4, 0.5) is 20.7 Å². The largest absolute Gasteiger partial charge is 0.490 e. The Morgan fingerprint density at radius 3 is 2.76 bits per heavy atom. The summed E-state index contributed by atoms with van der Waals surface area (Å²) in [6, 6.07) is 17.3. The highest BCUT2D eigenvalue weighted by atomic mass is 35.5. The van der Waals surface area contributed by atoms with E-state index in [2.05, 4.69) is 15.3 Å². The Kier molecular flexibility index (Phi) is 7.23. The van der Waals surface area contributed by atoms with Gasteiger partial charge >= 0.3 is 6.09 Å². The second kappa shape index (κ2) is 10.9. The zero-order valence-electron chi connectivity index (χ0n) is 19.7. The van der Waals surface area contributed by atoms with Crippen molar-refractivity contribution in [3.05, 3.63) is 83.4 Å². The summed E-state index contributed by atoms with van der Waals surface area (Å²) in [6.07, 6.45) is 1.94. The van der Waals surface area contributed by atoms with Crippen molar-refractivity contribution in [1.82, 2.24) is 14.9 Å². The third-order valence-corrected chi connectivity index (χ3v) is 6.45. The van der Waals surface area contributed by atoms with E-state index in [0.29, 0.717) is 53.5 Å². The molecule has 0 aliphatic carbocycles. The fourth-order valence-electron chi connectivity index (χ4n) is 4.32. The molecule has 1 saturated heterocycles. The Bertz CT molecular complexity index is 1420. The van der Waals surface area contributed by atoms with Crippen molar-refractivity contribution in [1.29, 1.82) is 0 Å². The van der Waals surface area contributed by atoms with Gasteiger partial charge in [-0.15, -0.1) is 0 Å². The maximum Gasteiger partial charge on any atom is 0.407 e. The van der Waals surface area contributed by atoms with E-state index < -0.39 is 11.9 Å². The van der Waals surface area contributed by atoms with Gasteiger partial charge in [0.25, 0.3) is 0 Å². The van der Waals surface area contributed by atoms with Crippen LogP contribution in [0.1, 0.15) is 18.4 Å². The molecule has 10 heteroatoms. The van der Waals surface area contributed by atoms with E-state index in [4.69, 9.17) is 21.1 Å². The molecule has 8 nitrogen and oxygen atoms in total. The summed E-state index contributed by atoms with van der Waals surface area (Å²) in [5, 5.41) is 13.2. The zero-order chi connectivity index (χ0) is 25.8. The van der Waals surface area contributed by atoms with Crippen LogP contribution >= 0.6 is 11.6 Å². The molecule has 0 saturated carbocycles. The lowest BCUT2D eigenvalue weighted by Gasteiger charge is -2.22. The molecule has 37 heavy (non-hydrogen) atoms. The summed E-state index contributed by atoms with van der Waals surface area (Å²) in [6.45, 7) is 0.997. The van der Waals surface area contributed by atoms with Crippen LogP contribution < -0.4 is 14.8 Å². The molecule has 4 aromatic rings. The predicted octanol–water partition coefficient (Wildman–Crippen LogP) is 6.27. The fourth-order valence-corrected chi connectivity index (χ4v) is 4.50. The van der Waals surface area contributed by atoms with Crippen LogP contribution in [0.25, 0.3) is 10.9 Å². The number of carboxylic acid groups (broad SMARTS) is 1. The van der Waals surface area contributed by atoms with Crippen molar-refractivity contribution in [2.45, 2.75) is 25.5 Å². The standard InChI is InChI=1S/C27H24ClFN4O4/c28-21-11-18(8-9-22(21)29)32-26-25-23(30-16-31-26)12-20(36-14-17-5-2-1-3-6-17)13-24(25)37-15-19-7-4-10-33(19)27(34)35/h1-3,5-6,8-9,11-13,16,19H,4,7,10,14-15H2,(H,34,35)(H,30,31,32)/t19-/m1/s1. The number of fused-ring (bicyclic) bond motifs is 1. The highest BCUT2D eigenvalue weighted by molar-refractivity contribution is 6.31. The molecule has 190 valence electrons. The van der Waals surface area contributed by atoms with Crippen molar-refractivity contribution in [2.75, 3.05) is 18.5 Å². The van der Waals surface area contributed by atoms with Gasteiger partial charge in [-0.3, -0.25) is 0 Å². The van der Waals surface area contributed by atoms with Crippen molar-refractivity contribution >= 4 is 40.1 Å².